The number of hydrogen-bond acceptors (Lipinski definition) is 7. The van der Waals surface area contributed by atoms with E-state index in [1.807, 2.05) is 28.8 Å². The van der Waals surface area contributed by atoms with Crippen LogP contribution in [-0.4, -0.2) is 56.1 Å². The van der Waals surface area contributed by atoms with Crippen molar-refractivity contribution in [2.45, 2.75) is 102 Å². The summed E-state index contributed by atoms with van der Waals surface area (Å²) in [5.74, 6) is 0.929. The molecule has 0 spiro atoms. The Balaban J connectivity index is 1.33. The number of fused-ring (bicyclic) bond motifs is 5. The van der Waals surface area contributed by atoms with Crippen molar-refractivity contribution in [3.63, 3.8) is 0 Å². The van der Waals surface area contributed by atoms with E-state index in [0.717, 1.165) is 30.2 Å². The van der Waals surface area contributed by atoms with Crippen LogP contribution in [0, 0.1) is 11.8 Å². The van der Waals surface area contributed by atoms with E-state index in [0.29, 0.717) is 23.6 Å². The topological polar surface area (TPSA) is 97.0 Å². The van der Waals surface area contributed by atoms with Gasteiger partial charge in [0.05, 0.1) is 17.6 Å². The number of carbonyl (C=O) groups excluding carboxylic acids is 1. The van der Waals surface area contributed by atoms with Gasteiger partial charge in [0.1, 0.15) is 0 Å². The van der Waals surface area contributed by atoms with Gasteiger partial charge in [-0.05, 0) is 75.8 Å². The maximum Gasteiger partial charge on any atom is 0.362 e. The highest BCUT2D eigenvalue weighted by atomic mass is 16.5. The second kappa shape index (κ2) is 10.2. The quantitative estimate of drug-likeness (QED) is 0.274. The molecule has 8 heteroatoms. The van der Waals surface area contributed by atoms with E-state index >= 15 is 0 Å². The van der Waals surface area contributed by atoms with E-state index in [9.17, 15) is 14.8 Å². The van der Waals surface area contributed by atoms with Crippen LogP contribution in [0.2, 0.25) is 0 Å². The predicted octanol–water partition coefficient (Wildman–Crippen LogP) is 4.66. The van der Waals surface area contributed by atoms with Gasteiger partial charge in [0.2, 0.25) is 5.71 Å². The fourth-order valence-electron chi connectivity index (χ4n) is 8.16. The monoisotopic (exact) mass is 506 g/mol. The summed E-state index contributed by atoms with van der Waals surface area (Å²) in [4.78, 5) is 33.7. The molecule has 198 valence electrons. The summed E-state index contributed by atoms with van der Waals surface area (Å²) < 4.78 is 6.87. The van der Waals surface area contributed by atoms with Crippen molar-refractivity contribution < 1.29 is 14.7 Å². The Kier molecular flexibility index (Phi) is 6.78. The maximum atomic E-state index is 13.9. The molecule has 1 N–H and O–H groups in total. The van der Waals surface area contributed by atoms with Crippen molar-refractivity contribution in [1.29, 1.82) is 0 Å². The van der Waals surface area contributed by atoms with Gasteiger partial charge in [0.25, 0.3) is 5.56 Å². The molecule has 8 nitrogen and oxygen atoms in total. The first kappa shape index (κ1) is 24.6. The van der Waals surface area contributed by atoms with Crippen LogP contribution < -0.4 is 5.56 Å². The molecule has 1 aromatic heterocycles. The van der Waals surface area contributed by atoms with E-state index in [1.54, 1.807) is 6.92 Å². The number of piperidine rings is 1. The molecular formula is C29H38N4O4. The molecule has 3 unspecified atom stereocenters. The van der Waals surface area contributed by atoms with E-state index < -0.39 is 11.7 Å². The summed E-state index contributed by atoms with van der Waals surface area (Å²) in [7, 11) is 0. The number of oxime groups is 1. The van der Waals surface area contributed by atoms with Crippen LogP contribution in [0.1, 0.15) is 89.3 Å². The minimum absolute atomic E-state index is 0.0147. The molecule has 37 heavy (non-hydrogen) atoms. The minimum Gasteiger partial charge on any atom is -0.461 e. The predicted molar refractivity (Wildman–Crippen MR) is 141 cm³/mol. The normalized spacial score (nSPS) is 32.3. The molecule has 3 heterocycles. The molecule has 2 saturated carbocycles. The van der Waals surface area contributed by atoms with Gasteiger partial charge in [-0.1, -0.05) is 43.0 Å². The Morgan fingerprint density at radius 3 is 2.30 bits per heavy atom. The lowest BCUT2D eigenvalue weighted by atomic mass is 9.76. The summed E-state index contributed by atoms with van der Waals surface area (Å²) in [6.45, 7) is 1.79. The zero-order valence-corrected chi connectivity index (χ0v) is 21.7. The molecule has 4 aliphatic rings. The van der Waals surface area contributed by atoms with E-state index in [-0.39, 0.29) is 23.9 Å². The Hall–Kier alpha value is -2.74. The van der Waals surface area contributed by atoms with Crippen LogP contribution in [0.15, 0.2) is 34.2 Å². The molecule has 2 aliphatic heterocycles. The largest absolute Gasteiger partial charge is 0.461 e. The van der Waals surface area contributed by atoms with E-state index in [2.05, 4.69) is 15.0 Å². The van der Waals surface area contributed by atoms with Crippen molar-refractivity contribution in [1.82, 2.24) is 14.5 Å². The molecule has 2 aliphatic carbocycles. The zero-order valence-electron chi connectivity index (χ0n) is 21.7. The lowest BCUT2D eigenvalue weighted by molar-refractivity contribution is -0.135. The lowest BCUT2D eigenvalue weighted by Crippen LogP contribution is -2.52. The second-order valence-electron chi connectivity index (χ2n) is 11.6. The number of rotatable bonds is 5. The van der Waals surface area contributed by atoms with Crippen molar-refractivity contribution >= 4 is 22.7 Å². The highest BCUT2D eigenvalue weighted by molar-refractivity contribution is 6.42. The summed E-state index contributed by atoms with van der Waals surface area (Å²) >= 11 is 0. The van der Waals surface area contributed by atoms with Crippen molar-refractivity contribution in [3.05, 3.63) is 40.3 Å². The van der Waals surface area contributed by atoms with Crippen LogP contribution in [0.4, 0.5) is 0 Å². The van der Waals surface area contributed by atoms with Crippen molar-refractivity contribution in [2.24, 2.45) is 17.0 Å². The number of carbonyl (C=O) groups is 1. The third-order valence-corrected chi connectivity index (χ3v) is 9.49. The van der Waals surface area contributed by atoms with Crippen molar-refractivity contribution in [3.8, 4) is 0 Å². The van der Waals surface area contributed by atoms with Gasteiger partial charge in [-0.15, -0.1) is 0 Å². The number of aromatic nitrogens is 2. The van der Waals surface area contributed by atoms with Gasteiger partial charge in [0, 0.05) is 24.2 Å². The van der Waals surface area contributed by atoms with Gasteiger partial charge in [-0.25, -0.2) is 9.78 Å². The molecule has 2 saturated heterocycles. The SMILES string of the molecule is CCOC(=O)/C(=N\O)c1nc2ccccc2n(C2C[C@H]3CC[C@@H](C2)N3C2CC3CCCCC(C3)C2)c1=O. The zero-order chi connectivity index (χ0) is 25.5. The highest BCUT2D eigenvalue weighted by Crippen LogP contribution is 2.47. The molecule has 5 atom stereocenters. The first-order valence-corrected chi connectivity index (χ1v) is 14.3. The van der Waals surface area contributed by atoms with Gasteiger partial charge in [-0.3, -0.25) is 9.69 Å². The third kappa shape index (κ3) is 4.47. The number of hydrogen-bond donors (Lipinski definition) is 1. The van der Waals surface area contributed by atoms with Gasteiger partial charge in [0.15, 0.2) is 5.69 Å². The van der Waals surface area contributed by atoms with Crippen LogP contribution in [0.3, 0.4) is 0 Å². The van der Waals surface area contributed by atoms with Crippen LogP contribution in [-0.2, 0) is 9.53 Å². The standard InChI is InChI=1S/C29H38N4O4/c1-2-37-29(35)27(31-36)26-28(34)33(25-10-6-5-9-24(25)30-26)23-16-20-11-12-21(17-23)32(20)22-14-18-7-3-4-8-19(13-18)15-22/h5-6,9-10,18-23,36H,2-4,7-8,11-17H2,1H3/b31-27-/t18?,19?,20-,21+,22?,23?. The molecule has 4 fully saturated rings. The smallest absolute Gasteiger partial charge is 0.362 e. The molecule has 6 rings (SSSR count). The van der Waals surface area contributed by atoms with Gasteiger partial charge < -0.3 is 14.5 Å². The molecule has 0 amide bonds. The first-order valence-electron chi connectivity index (χ1n) is 14.3. The van der Waals surface area contributed by atoms with Gasteiger partial charge >= 0.3 is 5.97 Å². The maximum absolute atomic E-state index is 13.9. The summed E-state index contributed by atoms with van der Waals surface area (Å²) in [5.41, 5.74) is 0.399. The Labute approximate surface area is 217 Å². The number of nitrogens with zero attached hydrogens (tertiary/aromatic N) is 4. The first-order chi connectivity index (χ1) is 18.1. The molecular weight excluding hydrogens is 468 g/mol. The fourth-order valence-corrected chi connectivity index (χ4v) is 8.16. The summed E-state index contributed by atoms with van der Waals surface area (Å²) in [5, 5.41) is 12.8. The Morgan fingerprint density at radius 2 is 1.65 bits per heavy atom. The lowest BCUT2D eigenvalue weighted by Gasteiger charge is -2.48. The summed E-state index contributed by atoms with van der Waals surface area (Å²) in [6, 6.07) is 9.19. The number of benzene rings is 1. The van der Waals surface area contributed by atoms with E-state index in [1.165, 1.54) is 57.8 Å². The fraction of sp³-hybridized carbons (Fsp3) is 0.655. The Morgan fingerprint density at radius 1 is 0.973 bits per heavy atom. The molecule has 1 aromatic carbocycles. The second-order valence-corrected chi connectivity index (χ2v) is 11.6. The molecule has 2 aromatic rings. The van der Waals surface area contributed by atoms with Crippen molar-refractivity contribution in [2.75, 3.05) is 6.61 Å². The van der Waals surface area contributed by atoms with Gasteiger partial charge in [-0.2, -0.15) is 0 Å². The average molecular weight is 507 g/mol. The van der Waals surface area contributed by atoms with E-state index in [4.69, 9.17) is 4.74 Å². The number of ether oxygens (including phenoxy) is 1. The molecule has 4 bridgehead atoms. The summed E-state index contributed by atoms with van der Waals surface area (Å²) in [6.07, 6.45) is 13.9. The number of para-hydroxylation sites is 2. The Bertz CT molecular complexity index is 1230. The molecule has 0 radical (unpaired) electrons. The van der Waals surface area contributed by atoms with Crippen LogP contribution >= 0.6 is 0 Å². The average Bonchev–Trinajstić information content (AvgIpc) is 3.05. The minimum atomic E-state index is -0.843. The number of esters is 1. The highest BCUT2D eigenvalue weighted by Gasteiger charge is 2.47. The van der Waals surface area contributed by atoms with Crippen LogP contribution in [0.5, 0.6) is 0 Å². The van der Waals surface area contributed by atoms with Crippen LogP contribution in [0.25, 0.3) is 11.0 Å². The third-order valence-electron chi connectivity index (χ3n) is 9.49.